The lowest BCUT2D eigenvalue weighted by atomic mass is 10.3. The second kappa shape index (κ2) is 9.13. The Morgan fingerprint density at radius 3 is 2.33 bits per heavy atom. The number of esters is 1. The highest BCUT2D eigenvalue weighted by molar-refractivity contribution is 7.92. The van der Waals surface area contributed by atoms with Crippen LogP contribution in [0.2, 0.25) is 0 Å². The zero-order valence-electron chi connectivity index (χ0n) is 15.2. The second-order valence-corrected chi connectivity index (χ2v) is 6.98. The van der Waals surface area contributed by atoms with Gasteiger partial charge in [-0.25, -0.2) is 8.42 Å². The molecule has 0 aliphatic rings. The van der Waals surface area contributed by atoms with Crippen molar-refractivity contribution >= 4 is 21.7 Å². The molecule has 0 saturated heterocycles. The quantitative estimate of drug-likeness (QED) is 0.651. The standard InChI is InChI=1S/C18H21NO7S/c1-23-16-9-8-13(12-17(16)24-2)27(21,22)19-14-6-4-5-7-15(14)26-11-10-18(20)25-3/h4-9,12,19H,10-11H2,1-3H3. The maximum atomic E-state index is 12.7. The number of methoxy groups -OCH3 is 3. The Morgan fingerprint density at radius 2 is 1.67 bits per heavy atom. The van der Waals surface area contributed by atoms with Crippen molar-refractivity contribution in [2.24, 2.45) is 0 Å². The van der Waals surface area contributed by atoms with E-state index in [0.717, 1.165) is 0 Å². The summed E-state index contributed by atoms with van der Waals surface area (Å²) in [7, 11) is 0.276. The minimum absolute atomic E-state index is 0.00418. The van der Waals surface area contributed by atoms with Crippen LogP contribution in [0.1, 0.15) is 6.42 Å². The molecule has 0 aliphatic carbocycles. The molecule has 0 aliphatic heterocycles. The summed E-state index contributed by atoms with van der Waals surface area (Å²) in [4.78, 5) is 11.2. The van der Waals surface area contributed by atoms with Gasteiger partial charge in [-0.3, -0.25) is 9.52 Å². The topological polar surface area (TPSA) is 100 Å². The number of rotatable bonds is 9. The molecule has 0 unspecified atom stereocenters. The van der Waals surface area contributed by atoms with Crippen LogP contribution in [0.4, 0.5) is 5.69 Å². The monoisotopic (exact) mass is 395 g/mol. The lowest BCUT2D eigenvalue weighted by Crippen LogP contribution is -2.15. The number of para-hydroxylation sites is 2. The first-order valence-electron chi connectivity index (χ1n) is 7.94. The van der Waals surface area contributed by atoms with Crippen LogP contribution in [0, 0.1) is 0 Å². The number of nitrogens with one attached hydrogen (secondary N) is 1. The van der Waals surface area contributed by atoms with E-state index in [9.17, 15) is 13.2 Å². The van der Waals surface area contributed by atoms with Gasteiger partial charge in [0.2, 0.25) is 0 Å². The Balaban J connectivity index is 2.22. The summed E-state index contributed by atoms with van der Waals surface area (Å²) < 4.78 is 48.2. The molecule has 2 aromatic rings. The first-order chi connectivity index (χ1) is 12.9. The number of sulfonamides is 1. The molecule has 0 spiro atoms. The lowest BCUT2D eigenvalue weighted by Gasteiger charge is -2.14. The first kappa shape index (κ1) is 20.4. The van der Waals surface area contributed by atoms with Gasteiger partial charge in [0.05, 0.1) is 44.9 Å². The second-order valence-electron chi connectivity index (χ2n) is 5.29. The van der Waals surface area contributed by atoms with Gasteiger partial charge in [0.1, 0.15) is 5.75 Å². The summed E-state index contributed by atoms with van der Waals surface area (Å²) in [6.07, 6.45) is 0.0489. The number of benzene rings is 2. The Kier molecular flexibility index (Phi) is 6.89. The highest BCUT2D eigenvalue weighted by atomic mass is 32.2. The summed E-state index contributed by atoms with van der Waals surface area (Å²) in [5.74, 6) is 0.592. The summed E-state index contributed by atoms with van der Waals surface area (Å²) in [6, 6.07) is 10.8. The van der Waals surface area contributed by atoms with Gasteiger partial charge in [0, 0.05) is 6.07 Å². The summed E-state index contributed by atoms with van der Waals surface area (Å²) in [6.45, 7) is 0.0573. The number of anilines is 1. The van der Waals surface area contributed by atoms with Crippen molar-refractivity contribution in [2.75, 3.05) is 32.7 Å². The highest BCUT2D eigenvalue weighted by Crippen LogP contribution is 2.31. The number of hydrogen-bond acceptors (Lipinski definition) is 7. The fourth-order valence-corrected chi connectivity index (χ4v) is 3.30. The van der Waals surface area contributed by atoms with Crippen LogP contribution in [0.15, 0.2) is 47.4 Å². The van der Waals surface area contributed by atoms with Crippen molar-refractivity contribution in [3.8, 4) is 17.2 Å². The molecule has 1 N–H and O–H groups in total. The van der Waals surface area contributed by atoms with Gasteiger partial charge in [-0.1, -0.05) is 12.1 Å². The van der Waals surface area contributed by atoms with Crippen molar-refractivity contribution in [3.05, 3.63) is 42.5 Å². The van der Waals surface area contributed by atoms with Crippen molar-refractivity contribution < 1.29 is 32.2 Å². The van der Waals surface area contributed by atoms with Crippen LogP contribution in [-0.2, 0) is 19.6 Å². The fraction of sp³-hybridized carbons (Fsp3) is 0.278. The van der Waals surface area contributed by atoms with Crippen molar-refractivity contribution in [2.45, 2.75) is 11.3 Å². The first-order valence-corrected chi connectivity index (χ1v) is 9.43. The SMILES string of the molecule is COC(=O)CCOc1ccccc1NS(=O)(=O)c1ccc(OC)c(OC)c1. The predicted molar refractivity (Wildman–Crippen MR) is 98.9 cm³/mol. The van der Waals surface area contributed by atoms with E-state index >= 15 is 0 Å². The number of carbonyl (C=O) groups excluding carboxylic acids is 1. The molecular formula is C18H21NO7S. The summed E-state index contributed by atoms with van der Waals surface area (Å²) >= 11 is 0. The number of hydrogen-bond donors (Lipinski definition) is 1. The summed E-state index contributed by atoms with van der Waals surface area (Å²) in [5.41, 5.74) is 0.247. The zero-order chi connectivity index (χ0) is 19.9. The molecule has 9 heteroatoms. The third-order valence-electron chi connectivity index (χ3n) is 3.59. The Hall–Kier alpha value is -2.94. The molecule has 2 rings (SSSR count). The van der Waals surface area contributed by atoms with Crippen LogP contribution in [0.25, 0.3) is 0 Å². The minimum atomic E-state index is -3.90. The molecular weight excluding hydrogens is 374 g/mol. The normalized spacial score (nSPS) is 10.8. The Labute approximate surface area is 158 Å². The largest absolute Gasteiger partial charge is 0.493 e. The highest BCUT2D eigenvalue weighted by Gasteiger charge is 2.19. The Bertz CT molecular complexity index is 896. The third-order valence-corrected chi connectivity index (χ3v) is 4.95. The van der Waals surface area contributed by atoms with Crippen LogP contribution in [-0.4, -0.2) is 42.3 Å². The zero-order valence-corrected chi connectivity index (χ0v) is 16.0. The minimum Gasteiger partial charge on any atom is -0.493 e. The average molecular weight is 395 g/mol. The lowest BCUT2D eigenvalue weighted by molar-refractivity contribution is -0.141. The summed E-state index contributed by atoms with van der Waals surface area (Å²) in [5, 5.41) is 0. The van der Waals surface area contributed by atoms with Gasteiger partial charge in [0.15, 0.2) is 11.5 Å². The molecule has 2 aromatic carbocycles. The fourth-order valence-electron chi connectivity index (χ4n) is 2.21. The molecule has 0 amide bonds. The van der Waals surface area contributed by atoms with Crippen LogP contribution >= 0.6 is 0 Å². The molecule has 8 nitrogen and oxygen atoms in total. The van der Waals surface area contributed by atoms with E-state index in [1.807, 2.05) is 0 Å². The van der Waals surface area contributed by atoms with Crippen molar-refractivity contribution in [1.82, 2.24) is 0 Å². The van der Waals surface area contributed by atoms with E-state index in [4.69, 9.17) is 14.2 Å². The Morgan fingerprint density at radius 1 is 0.963 bits per heavy atom. The van der Waals surface area contributed by atoms with Gasteiger partial charge >= 0.3 is 5.97 Å². The van der Waals surface area contributed by atoms with E-state index in [-0.39, 0.29) is 23.6 Å². The van der Waals surface area contributed by atoms with E-state index in [1.54, 1.807) is 24.3 Å². The van der Waals surface area contributed by atoms with Crippen LogP contribution < -0.4 is 18.9 Å². The van der Waals surface area contributed by atoms with Gasteiger partial charge in [0.25, 0.3) is 10.0 Å². The van der Waals surface area contributed by atoms with E-state index in [0.29, 0.717) is 17.2 Å². The predicted octanol–water partition coefficient (Wildman–Crippen LogP) is 2.45. The maximum Gasteiger partial charge on any atom is 0.308 e. The molecule has 0 heterocycles. The molecule has 146 valence electrons. The van der Waals surface area contributed by atoms with Gasteiger partial charge in [-0.2, -0.15) is 0 Å². The van der Waals surface area contributed by atoms with Crippen molar-refractivity contribution in [3.63, 3.8) is 0 Å². The molecule has 27 heavy (non-hydrogen) atoms. The van der Waals surface area contributed by atoms with Gasteiger partial charge < -0.3 is 18.9 Å². The van der Waals surface area contributed by atoms with Crippen LogP contribution in [0.5, 0.6) is 17.2 Å². The third kappa shape index (κ3) is 5.27. The smallest absolute Gasteiger partial charge is 0.308 e. The van der Waals surface area contributed by atoms with E-state index in [1.165, 1.54) is 39.5 Å². The average Bonchev–Trinajstić information content (AvgIpc) is 2.68. The van der Waals surface area contributed by atoms with Crippen LogP contribution in [0.3, 0.4) is 0 Å². The molecule has 0 bridgehead atoms. The van der Waals surface area contributed by atoms with Gasteiger partial charge in [-0.05, 0) is 24.3 Å². The molecule has 0 atom stereocenters. The number of ether oxygens (including phenoxy) is 4. The molecule has 0 aromatic heterocycles. The van der Waals surface area contributed by atoms with E-state index < -0.39 is 16.0 Å². The number of carbonyl (C=O) groups is 1. The molecule has 0 saturated carbocycles. The van der Waals surface area contributed by atoms with Gasteiger partial charge in [-0.15, -0.1) is 0 Å². The maximum absolute atomic E-state index is 12.7. The van der Waals surface area contributed by atoms with E-state index in [2.05, 4.69) is 9.46 Å². The molecule has 0 radical (unpaired) electrons. The molecule has 0 fully saturated rings. The van der Waals surface area contributed by atoms with Crippen molar-refractivity contribution in [1.29, 1.82) is 0 Å².